The van der Waals surface area contributed by atoms with Crippen molar-refractivity contribution in [2.24, 2.45) is 10.8 Å². The van der Waals surface area contributed by atoms with Gasteiger partial charge in [-0.2, -0.15) is 0 Å². The van der Waals surface area contributed by atoms with Crippen LogP contribution < -0.4 is 4.80 Å². The molecule has 1 aliphatic rings. The van der Waals surface area contributed by atoms with E-state index in [0.717, 1.165) is 6.42 Å². The van der Waals surface area contributed by atoms with Crippen LogP contribution in [0.15, 0.2) is 5.57 Å². The molecular weight excluding hydrogens is 298 g/mol. The minimum atomic E-state index is -1.11. The minimum Gasteiger partial charge on any atom is -0.478 e. The maximum absolute atomic E-state index is 13.1. The van der Waals surface area contributed by atoms with E-state index in [1.807, 2.05) is 41.5 Å². The fraction of sp³-hybridized carbons (Fsp3) is 0.733. The number of hydrogen-bond donors (Lipinski definition) is 1. The smallest absolute Gasteiger partial charge is 0.334 e. The quantitative estimate of drug-likeness (QED) is 0.646. The number of carboxylic acid groups (broad SMARTS) is 1. The molecule has 2 heterocycles. The van der Waals surface area contributed by atoms with E-state index in [1.54, 1.807) is 0 Å². The summed E-state index contributed by atoms with van der Waals surface area (Å²) in [6.45, 7) is 11.4. The summed E-state index contributed by atoms with van der Waals surface area (Å²) < 4.78 is 0. The molecule has 0 fully saturated rings. The van der Waals surface area contributed by atoms with Crippen LogP contribution >= 0.6 is 0 Å². The van der Waals surface area contributed by atoms with Crippen molar-refractivity contribution >= 4 is 17.4 Å². The maximum atomic E-state index is 13.1. The van der Waals surface area contributed by atoms with Crippen molar-refractivity contribution < 1.29 is 19.5 Å². The van der Waals surface area contributed by atoms with Gasteiger partial charge in [-0.05, 0) is 27.8 Å². The van der Waals surface area contributed by atoms with Crippen molar-refractivity contribution in [2.45, 2.75) is 60.4 Å². The summed E-state index contributed by atoms with van der Waals surface area (Å²) in [7, 11) is 0. The molecule has 2 rings (SSSR count). The molecule has 126 valence electrons. The summed E-state index contributed by atoms with van der Waals surface area (Å²) in [5, 5.41) is 21.1. The van der Waals surface area contributed by atoms with Gasteiger partial charge in [-0.3, -0.25) is 4.79 Å². The third kappa shape index (κ3) is 2.55. The molecule has 23 heavy (non-hydrogen) atoms. The van der Waals surface area contributed by atoms with Crippen LogP contribution in [-0.2, 0) is 9.59 Å². The van der Waals surface area contributed by atoms with Crippen LogP contribution in [0.25, 0.3) is 5.70 Å². The second kappa shape index (κ2) is 5.50. The number of carboxylic acids is 1. The van der Waals surface area contributed by atoms with E-state index in [2.05, 4.69) is 15.6 Å². The normalized spacial score (nSPS) is 20.6. The number of fused-ring (bicyclic) bond motifs is 1. The first-order chi connectivity index (χ1) is 10.6. The number of carbonyl (C=O) groups excluding carboxylic acids is 1. The van der Waals surface area contributed by atoms with Gasteiger partial charge >= 0.3 is 5.97 Å². The van der Waals surface area contributed by atoms with Crippen molar-refractivity contribution in [1.29, 1.82) is 0 Å². The number of ketones is 1. The molecule has 0 amide bonds. The van der Waals surface area contributed by atoms with Gasteiger partial charge in [0.2, 0.25) is 16.2 Å². The Morgan fingerprint density at radius 3 is 2.35 bits per heavy atom. The Balaban J connectivity index is 2.77. The largest absolute Gasteiger partial charge is 0.478 e. The van der Waals surface area contributed by atoms with E-state index in [4.69, 9.17) is 0 Å². The van der Waals surface area contributed by atoms with E-state index < -0.39 is 22.8 Å². The number of Topliss-reactive ketones (excluding diaryl/α,β-unsaturated/α-hetero) is 1. The predicted molar refractivity (Wildman–Crippen MR) is 81.1 cm³/mol. The van der Waals surface area contributed by atoms with Crippen LogP contribution in [0.4, 0.5) is 0 Å². The summed E-state index contributed by atoms with van der Waals surface area (Å²) in [6, 6.07) is -0.612. The highest BCUT2D eigenvalue weighted by Crippen LogP contribution is 2.41. The molecule has 1 aromatic rings. The highest BCUT2D eigenvalue weighted by Gasteiger charge is 2.53. The van der Waals surface area contributed by atoms with E-state index in [1.165, 1.54) is 9.59 Å². The maximum Gasteiger partial charge on any atom is 0.334 e. The molecule has 1 aromatic heterocycles. The molecule has 8 heteroatoms. The van der Waals surface area contributed by atoms with Crippen LogP contribution in [0.2, 0.25) is 0 Å². The van der Waals surface area contributed by atoms with E-state index in [0.29, 0.717) is 6.42 Å². The highest BCUT2D eigenvalue weighted by molar-refractivity contribution is 6.22. The summed E-state index contributed by atoms with van der Waals surface area (Å²) in [5.74, 6) is -1.38. The monoisotopic (exact) mass is 322 g/mol. The lowest BCUT2D eigenvalue weighted by Crippen LogP contribution is -2.52. The summed E-state index contributed by atoms with van der Waals surface area (Å²) in [5.41, 5.74) is -0.941. The number of carbonyl (C=O) groups is 2. The zero-order chi connectivity index (χ0) is 17.6. The fourth-order valence-corrected chi connectivity index (χ4v) is 2.79. The van der Waals surface area contributed by atoms with Gasteiger partial charge in [0.25, 0.3) is 0 Å². The fourth-order valence-electron chi connectivity index (χ4n) is 2.79. The van der Waals surface area contributed by atoms with Gasteiger partial charge < -0.3 is 5.11 Å². The number of hydrogen-bond acceptors (Lipinski definition) is 5. The number of allylic oxidation sites excluding steroid dienone is 1. The topological polar surface area (TPSA) is 102 Å². The van der Waals surface area contributed by atoms with Crippen LogP contribution in [0, 0.1) is 10.8 Å². The SMILES string of the molecule is CCC(C)(C)/C(C(=O)O)=C1/C(=O)C(C(C)(C)CC)[n+]2nnnn21. The molecule has 0 bridgehead atoms. The van der Waals surface area contributed by atoms with E-state index in [-0.39, 0.29) is 17.1 Å². The van der Waals surface area contributed by atoms with Crippen molar-refractivity contribution in [3.05, 3.63) is 5.57 Å². The van der Waals surface area contributed by atoms with Gasteiger partial charge in [0.05, 0.1) is 5.57 Å². The van der Waals surface area contributed by atoms with Crippen molar-refractivity contribution in [3.63, 3.8) is 0 Å². The first kappa shape index (κ1) is 17.2. The molecule has 0 spiro atoms. The molecule has 0 aromatic carbocycles. The standard InChI is InChI=1S/C15H23N5O3/c1-7-14(3,4)9(13(22)23)10-11(21)12(15(5,6)8-2)20-18-16-17-19(10)20/h12H,7-8H2,1-6H3/p+1/b10-9-. The Hall–Kier alpha value is -2.12. The van der Waals surface area contributed by atoms with Gasteiger partial charge in [0.15, 0.2) is 11.7 Å². The predicted octanol–water partition coefficient (Wildman–Crippen LogP) is 1.25. The Bertz CT molecular complexity index is 687. The molecule has 0 radical (unpaired) electrons. The number of rotatable bonds is 5. The van der Waals surface area contributed by atoms with Gasteiger partial charge in [-0.25, -0.2) is 4.79 Å². The molecule has 1 unspecified atom stereocenters. The molecule has 0 saturated carbocycles. The molecule has 0 saturated heterocycles. The Labute approximate surface area is 135 Å². The van der Waals surface area contributed by atoms with Gasteiger partial charge in [0, 0.05) is 5.41 Å². The van der Waals surface area contributed by atoms with Crippen LogP contribution in [-0.4, -0.2) is 37.3 Å². The third-order valence-electron chi connectivity index (χ3n) is 5.03. The van der Waals surface area contributed by atoms with Crippen LogP contribution in [0.5, 0.6) is 0 Å². The summed E-state index contributed by atoms with van der Waals surface area (Å²) in [6.07, 6.45) is 1.31. The van der Waals surface area contributed by atoms with Crippen molar-refractivity contribution in [2.75, 3.05) is 0 Å². The Kier molecular flexibility index (Phi) is 4.13. The number of aliphatic carboxylic acids is 1. The average molecular weight is 322 g/mol. The Morgan fingerprint density at radius 1 is 1.26 bits per heavy atom. The highest BCUT2D eigenvalue weighted by atomic mass is 16.4. The van der Waals surface area contributed by atoms with Gasteiger partial charge in [-0.15, -0.1) is 0 Å². The number of nitrogens with zero attached hydrogens (tertiary/aromatic N) is 5. The average Bonchev–Trinajstić information content (AvgIpc) is 3.00. The molecule has 8 nitrogen and oxygen atoms in total. The van der Waals surface area contributed by atoms with Crippen molar-refractivity contribution in [3.8, 4) is 0 Å². The molecule has 0 aliphatic carbocycles. The summed E-state index contributed by atoms with van der Waals surface area (Å²) in [4.78, 5) is 27.6. The van der Waals surface area contributed by atoms with Gasteiger partial charge in [-0.1, -0.05) is 41.5 Å². The van der Waals surface area contributed by atoms with Crippen LogP contribution in [0.3, 0.4) is 0 Å². The lowest BCUT2D eigenvalue weighted by Gasteiger charge is -2.26. The first-order valence-electron chi connectivity index (χ1n) is 7.81. The second-order valence-electron chi connectivity index (χ2n) is 7.25. The first-order valence-corrected chi connectivity index (χ1v) is 7.81. The lowest BCUT2D eigenvalue weighted by atomic mass is 9.76. The third-order valence-corrected chi connectivity index (χ3v) is 5.03. The number of aromatic nitrogens is 5. The van der Waals surface area contributed by atoms with Gasteiger partial charge in [0.1, 0.15) is 5.21 Å². The lowest BCUT2D eigenvalue weighted by molar-refractivity contribution is -0.833. The molecular formula is C15H24N5O3+. The molecule has 1 N–H and O–H groups in total. The zero-order valence-electron chi connectivity index (χ0n) is 14.5. The van der Waals surface area contributed by atoms with Crippen molar-refractivity contribution in [1.82, 2.24) is 20.4 Å². The Morgan fingerprint density at radius 2 is 1.87 bits per heavy atom. The second-order valence-corrected chi connectivity index (χ2v) is 7.25. The van der Waals surface area contributed by atoms with E-state index >= 15 is 0 Å². The molecule has 1 aliphatic heterocycles. The summed E-state index contributed by atoms with van der Waals surface area (Å²) >= 11 is 0. The van der Waals surface area contributed by atoms with Crippen LogP contribution in [0.1, 0.15) is 60.4 Å². The minimum absolute atomic E-state index is 0.0560. The molecule has 1 atom stereocenters. The zero-order valence-corrected chi connectivity index (χ0v) is 14.5. The van der Waals surface area contributed by atoms with E-state index in [9.17, 15) is 14.7 Å².